The number of nitrogens with zero attached hydrogens (tertiary/aromatic N) is 1. The number of hydrazine groups is 1. The largest absolute Gasteiger partial charge is 0.389 e. The molecular formula is C12H26N2O4. The minimum absolute atomic E-state index is 0.0913. The van der Waals surface area contributed by atoms with Crippen LogP contribution < -0.4 is 5.43 Å². The monoisotopic (exact) mass is 262 g/mol. The van der Waals surface area contributed by atoms with Crippen LogP contribution in [-0.2, 0) is 14.2 Å². The summed E-state index contributed by atoms with van der Waals surface area (Å²) in [7, 11) is 3.76. The normalized spacial score (nSPS) is 28.7. The second kappa shape index (κ2) is 7.37. The van der Waals surface area contributed by atoms with Crippen LogP contribution in [0.1, 0.15) is 20.3 Å². The number of aliphatic hydroxyl groups excluding tert-OH is 1. The van der Waals surface area contributed by atoms with Crippen molar-refractivity contribution in [3.05, 3.63) is 0 Å². The van der Waals surface area contributed by atoms with Crippen molar-refractivity contribution in [2.75, 3.05) is 40.5 Å². The summed E-state index contributed by atoms with van der Waals surface area (Å²) in [6, 6.07) is 0. The first kappa shape index (κ1) is 15.8. The summed E-state index contributed by atoms with van der Waals surface area (Å²) in [6.45, 7) is 6.01. The van der Waals surface area contributed by atoms with Gasteiger partial charge in [-0.2, -0.15) is 0 Å². The van der Waals surface area contributed by atoms with Crippen molar-refractivity contribution in [3.8, 4) is 0 Å². The Bertz CT molecular complexity index is 240. The first-order valence-electron chi connectivity index (χ1n) is 6.44. The number of hydrogen-bond acceptors (Lipinski definition) is 6. The summed E-state index contributed by atoms with van der Waals surface area (Å²) >= 11 is 0. The van der Waals surface area contributed by atoms with Crippen LogP contribution in [0.25, 0.3) is 0 Å². The predicted octanol–water partition coefficient (Wildman–Crippen LogP) is -0.0283. The van der Waals surface area contributed by atoms with Gasteiger partial charge in [-0.05, 0) is 13.8 Å². The van der Waals surface area contributed by atoms with E-state index >= 15 is 0 Å². The van der Waals surface area contributed by atoms with Crippen molar-refractivity contribution in [2.45, 2.75) is 38.3 Å². The molecule has 1 saturated heterocycles. The van der Waals surface area contributed by atoms with Gasteiger partial charge in [0.25, 0.3) is 0 Å². The highest BCUT2D eigenvalue weighted by atomic mass is 16.8. The van der Waals surface area contributed by atoms with Crippen molar-refractivity contribution in [3.63, 3.8) is 0 Å². The molecule has 6 heteroatoms. The molecule has 108 valence electrons. The van der Waals surface area contributed by atoms with E-state index in [9.17, 15) is 5.11 Å². The predicted molar refractivity (Wildman–Crippen MR) is 68.0 cm³/mol. The third-order valence-electron chi connectivity index (χ3n) is 2.83. The third kappa shape index (κ3) is 5.60. The number of ether oxygens (including phenoxy) is 3. The molecule has 0 amide bonds. The van der Waals surface area contributed by atoms with E-state index < -0.39 is 6.10 Å². The van der Waals surface area contributed by atoms with Gasteiger partial charge in [0.1, 0.15) is 5.60 Å². The van der Waals surface area contributed by atoms with Gasteiger partial charge in [-0.15, -0.1) is 0 Å². The summed E-state index contributed by atoms with van der Waals surface area (Å²) in [5, 5.41) is 11.4. The number of hydrogen-bond donors (Lipinski definition) is 2. The van der Waals surface area contributed by atoms with E-state index in [-0.39, 0.29) is 11.9 Å². The Morgan fingerprint density at radius 2 is 2.22 bits per heavy atom. The van der Waals surface area contributed by atoms with Gasteiger partial charge in [-0.25, -0.2) is 0 Å². The zero-order valence-corrected chi connectivity index (χ0v) is 11.8. The van der Waals surface area contributed by atoms with Crippen molar-refractivity contribution < 1.29 is 19.3 Å². The van der Waals surface area contributed by atoms with Crippen molar-refractivity contribution in [1.29, 1.82) is 0 Å². The van der Waals surface area contributed by atoms with Gasteiger partial charge >= 0.3 is 0 Å². The van der Waals surface area contributed by atoms with E-state index in [0.717, 1.165) is 6.42 Å². The molecule has 0 bridgehead atoms. The lowest BCUT2D eigenvalue weighted by atomic mass is 10.1. The molecule has 0 spiro atoms. The molecule has 0 radical (unpaired) electrons. The van der Waals surface area contributed by atoms with Crippen molar-refractivity contribution >= 4 is 0 Å². The molecule has 0 aliphatic carbocycles. The second-order valence-corrected chi connectivity index (χ2v) is 4.95. The van der Waals surface area contributed by atoms with E-state index in [4.69, 9.17) is 14.2 Å². The van der Waals surface area contributed by atoms with Gasteiger partial charge in [0.05, 0.1) is 12.7 Å². The fraction of sp³-hybridized carbons (Fsp3) is 1.00. The lowest BCUT2D eigenvalue weighted by Crippen LogP contribution is -2.38. The zero-order chi connectivity index (χ0) is 13.6. The van der Waals surface area contributed by atoms with Gasteiger partial charge < -0.3 is 19.3 Å². The van der Waals surface area contributed by atoms with Crippen LogP contribution in [-0.4, -0.2) is 68.6 Å². The van der Waals surface area contributed by atoms with E-state index in [0.29, 0.717) is 26.4 Å². The molecular weight excluding hydrogens is 236 g/mol. The molecule has 1 fully saturated rings. The van der Waals surface area contributed by atoms with E-state index in [1.807, 2.05) is 27.9 Å². The van der Waals surface area contributed by atoms with Gasteiger partial charge in [0, 0.05) is 40.3 Å². The van der Waals surface area contributed by atoms with Crippen LogP contribution in [0.2, 0.25) is 0 Å². The quantitative estimate of drug-likeness (QED) is 0.327. The van der Waals surface area contributed by atoms with Crippen LogP contribution in [0.3, 0.4) is 0 Å². The first-order valence-corrected chi connectivity index (χ1v) is 6.44. The minimum Gasteiger partial charge on any atom is -0.389 e. The fourth-order valence-corrected chi connectivity index (χ4v) is 1.59. The Hall–Kier alpha value is -0.240. The van der Waals surface area contributed by atoms with Gasteiger partial charge in [-0.1, -0.05) is 0 Å². The SMILES string of the molecule is CCOC1OC1(C)CCOCC(O)CNN(C)C. The van der Waals surface area contributed by atoms with Gasteiger partial charge in [0.15, 0.2) is 6.29 Å². The molecule has 0 aromatic rings. The molecule has 3 unspecified atom stereocenters. The molecule has 6 nitrogen and oxygen atoms in total. The molecule has 0 saturated carbocycles. The number of rotatable bonds is 10. The number of epoxide rings is 1. The topological polar surface area (TPSA) is 66.5 Å². The molecule has 0 aromatic carbocycles. The Morgan fingerprint density at radius 3 is 2.83 bits per heavy atom. The van der Waals surface area contributed by atoms with E-state index in [1.165, 1.54) is 0 Å². The smallest absolute Gasteiger partial charge is 0.187 e. The summed E-state index contributed by atoms with van der Waals surface area (Å²) in [6.07, 6.45) is 0.195. The molecule has 18 heavy (non-hydrogen) atoms. The highest BCUT2D eigenvalue weighted by Crippen LogP contribution is 2.39. The molecule has 3 atom stereocenters. The lowest BCUT2D eigenvalue weighted by Gasteiger charge is -2.16. The van der Waals surface area contributed by atoms with Crippen LogP contribution in [0.15, 0.2) is 0 Å². The van der Waals surface area contributed by atoms with Gasteiger partial charge in [0.2, 0.25) is 0 Å². The Labute approximate surface area is 109 Å². The van der Waals surface area contributed by atoms with Gasteiger partial charge in [-0.3, -0.25) is 10.4 Å². The minimum atomic E-state index is -0.497. The highest BCUT2D eigenvalue weighted by Gasteiger charge is 2.52. The molecule has 1 rings (SSSR count). The maximum absolute atomic E-state index is 9.61. The van der Waals surface area contributed by atoms with Crippen molar-refractivity contribution in [1.82, 2.24) is 10.4 Å². The Kier molecular flexibility index (Phi) is 6.48. The van der Waals surface area contributed by atoms with Crippen LogP contribution in [0.5, 0.6) is 0 Å². The van der Waals surface area contributed by atoms with Crippen LogP contribution in [0.4, 0.5) is 0 Å². The molecule has 2 N–H and O–H groups in total. The molecule has 1 aliphatic rings. The third-order valence-corrected chi connectivity index (χ3v) is 2.83. The summed E-state index contributed by atoms with van der Waals surface area (Å²) < 4.78 is 16.2. The summed E-state index contributed by atoms with van der Waals surface area (Å²) in [5.41, 5.74) is 2.79. The zero-order valence-electron chi connectivity index (χ0n) is 11.8. The van der Waals surface area contributed by atoms with E-state index in [1.54, 1.807) is 5.01 Å². The number of nitrogens with one attached hydrogen (secondary N) is 1. The number of aliphatic hydroxyl groups is 1. The average molecular weight is 262 g/mol. The maximum Gasteiger partial charge on any atom is 0.187 e. The summed E-state index contributed by atoms with van der Waals surface area (Å²) in [5.74, 6) is 0. The maximum atomic E-state index is 9.61. The highest BCUT2D eigenvalue weighted by molar-refractivity contribution is 4.92. The first-order chi connectivity index (χ1) is 8.48. The van der Waals surface area contributed by atoms with Crippen LogP contribution in [0, 0.1) is 0 Å². The van der Waals surface area contributed by atoms with Crippen LogP contribution >= 0.6 is 0 Å². The second-order valence-electron chi connectivity index (χ2n) is 4.95. The summed E-state index contributed by atoms with van der Waals surface area (Å²) in [4.78, 5) is 0. The fourth-order valence-electron chi connectivity index (χ4n) is 1.59. The standard InChI is InChI=1S/C12H26N2O4/c1-5-17-11-12(2,18-11)6-7-16-9-10(15)8-13-14(3)4/h10-11,13,15H,5-9H2,1-4H3. The van der Waals surface area contributed by atoms with E-state index in [2.05, 4.69) is 5.43 Å². The average Bonchev–Trinajstić information content (AvgIpc) is 2.94. The van der Waals surface area contributed by atoms with Crippen molar-refractivity contribution in [2.24, 2.45) is 0 Å². The lowest BCUT2D eigenvalue weighted by molar-refractivity contribution is 0.0225. The Morgan fingerprint density at radius 1 is 1.50 bits per heavy atom. The molecule has 1 aliphatic heterocycles. The molecule has 1 heterocycles. The molecule has 0 aromatic heterocycles. The Balaban J connectivity index is 1.99.